The average molecular weight is 396 g/mol. The molecule has 0 bridgehead atoms. The molecule has 28 heavy (non-hydrogen) atoms. The second kappa shape index (κ2) is 9.98. The van der Waals surface area contributed by atoms with Crippen LogP contribution in [0.3, 0.4) is 0 Å². The number of carbonyl (C=O) groups is 2. The van der Waals surface area contributed by atoms with Crippen LogP contribution in [0.15, 0.2) is 4.99 Å². The molecule has 2 rings (SSSR count). The summed E-state index contributed by atoms with van der Waals surface area (Å²) in [5.41, 5.74) is -0.492. The number of guanidine groups is 1. The van der Waals surface area contributed by atoms with E-state index in [1.165, 1.54) is 0 Å². The number of nitrogens with one attached hydrogen (secondary N) is 2. The van der Waals surface area contributed by atoms with Crippen molar-refractivity contribution >= 4 is 18.0 Å². The molecule has 1 saturated heterocycles. The van der Waals surface area contributed by atoms with Crippen LogP contribution in [0.1, 0.15) is 60.3 Å². The second-order valence-corrected chi connectivity index (χ2v) is 8.49. The van der Waals surface area contributed by atoms with Crippen LogP contribution >= 0.6 is 0 Å². The second-order valence-electron chi connectivity index (χ2n) is 8.49. The smallest absolute Gasteiger partial charge is 0.410 e. The van der Waals surface area contributed by atoms with Crippen LogP contribution < -0.4 is 10.6 Å². The molecule has 0 aromatic heterocycles. The monoisotopic (exact) mass is 395 g/mol. The largest absolute Gasteiger partial charge is 0.444 e. The highest BCUT2D eigenvalue weighted by Crippen LogP contribution is 2.28. The summed E-state index contributed by atoms with van der Waals surface area (Å²) in [7, 11) is 0. The molecule has 0 spiro atoms. The summed E-state index contributed by atoms with van der Waals surface area (Å²) in [6.45, 7) is 12.9. The first-order chi connectivity index (χ1) is 13.2. The lowest BCUT2D eigenvalue weighted by Crippen LogP contribution is -2.45. The fraction of sp³-hybridized carbons (Fsp3) is 0.850. The third-order valence-electron chi connectivity index (χ3n) is 4.75. The molecule has 0 radical (unpaired) electrons. The van der Waals surface area contributed by atoms with Gasteiger partial charge < -0.3 is 25.2 Å². The number of likely N-dealkylation sites (tertiary alicyclic amines) is 1. The van der Waals surface area contributed by atoms with Gasteiger partial charge in [0.05, 0.1) is 6.54 Å². The summed E-state index contributed by atoms with van der Waals surface area (Å²) in [6.07, 6.45) is 3.27. The van der Waals surface area contributed by atoms with Crippen molar-refractivity contribution in [3.8, 4) is 0 Å². The lowest BCUT2D eigenvalue weighted by molar-refractivity contribution is -0.129. The number of ether oxygens (including phenoxy) is 1. The van der Waals surface area contributed by atoms with Gasteiger partial charge in [-0.15, -0.1) is 0 Å². The van der Waals surface area contributed by atoms with Crippen molar-refractivity contribution in [2.24, 2.45) is 4.99 Å². The Morgan fingerprint density at radius 3 is 2.50 bits per heavy atom. The van der Waals surface area contributed by atoms with Crippen molar-refractivity contribution in [2.75, 3.05) is 32.7 Å². The Hall–Kier alpha value is -1.99. The quantitative estimate of drug-likeness (QED) is 0.508. The molecule has 1 saturated carbocycles. The van der Waals surface area contributed by atoms with E-state index in [0.29, 0.717) is 26.1 Å². The van der Waals surface area contributed by atoms with E-state index in [1.807, 2.05) is 39.5 Å². The summed E-state index contributed by atoms with van der Waals surface area (Å²) in [5.74, 6) is 0.932. The van der Waals surface area contributed by atoms with Gasteiger partial charge in [-0.3, -0.25) is 9.79 Å². The minimum absolute atomic E-state index is 0.198. The first-order valence-electron chi connectivity index (χ1n) is 10.6. The number of hydrogen-bond acceptors (Lipinski definition) is 4. The highest BCUT2D eigenvalue weighted by molar-refractivity contribution is 5.80. The number of carbonyl (C=O) groups excluding carboxylic acids is 2. The molecule has 1 aliphatic heterocycles. The minimum Gasteiger partial charge on any atom is -0.444 e. The number of amides is 2. The summed E-state index contributed by atoms with van der Waals surface area (Å²) in [5, 5.41) is 6.68. The fourth-order valence-electron chi connectivity index (χ4n) is 3.24. The van der Waals surface area contributed by atoms with Gasteiger partial charge in [-0.25, -0.2) is 4.79 Å². The van der Waals surface area contributed by atoms with E-state index in [0.717, 1.165) is 38.3 Å². The Morgan fingerprint density at radius 2 is 1.93 bits per heavy atom. The van der Waals surface area contributed by atoms with Crippen LogP contribution in [-0.2, 0) is 9.53 Å². The molecule has 1 aliphatic carbocycles. The molecule has 8 heteroatoms. The molecule has 8 nitrogen and oxygen atoms in total. The zero-order valence-electron chi connectivity index (χ0n) is 18.1. The van der Waals surface area contributed by atoms with Crippen LogP contribution in [-0.4, -0.2) is 78.2 Å². The van der Waals surface area contributed by atoms with E-state index in [2.05, 4.69) is 15.6 Å². The summed E-state index contributed by atoms with van der Waals surface area (Å²) in [6, 6.07) is 0.489. The molecule has 1 atom stereocenters. The van der Waals surface area contributed by atoms with Gasteiger partial charge in [0, 0.05) is 44.7 Å². The van der Waals surface area contributed by atoms with Crippen molar-refractivity contribution in [1.82, 2.24) is 20.4 Å². The van der Waals surface area contributed by atoms with Crippen LogP contribution in [0.25, 0.3) is 0 Å². The molecule has 2 fully saturated rings. The zero-order chi connectivity index (χ0) is 20.7. The average Bonchev–Trinajstić information content (AvgIpc) is 3.34. The van der Waals surface area contributed by atoms with Crippen molar-refractivity contribution < 1.29 is 14.3 Å². The van der Waals surface area contributed by atoms with E-state index < -0.39 is 5.60 Å². The Bertz CT molecular complexity index is 569. The SMILES string of the molecule is CCNC(=NCCN(C(=O)OC(C)(C)C)C1CC1)NC1CCN(C(=O)CC)C1. The third-order valence-corrected chi connectivity index (χ3v) is 4.75. The van der Waals surface area contributed by atoms with Crippen molar-refractivity contribution in [2.45, 2.75) is 78.0 Å². The maximum absolute atomic E-state index is 12.4. The lowest BCUT2D eigenvalue weighted by Gasteiger charge is -2.27. The van der Waals surface area contributed by atoms with Gasteiger partial charge in [-0.2, -0.15) is 0 Å². The summed E-state index contributed by atoms with van der Waals surface area (Å²) < 4.78 is 5.53. The molecule has 1 heterocycles. The number of rotatable bonds is 7. The van der Waals surface area contributed by atoms with Crippen LogP contribution in [0.4, 0.5) is 4.79 Å². The molecule has 1 unspecified atom stereocenters. The van der Waals surface area contributed by atoms with Crippen molar-refractivity contribution in [3.05, 3.63) is 0 Å². The topological polar surface area (TPSA) is 86.3 Å². The molecular weight excluding hydrogens is 358 g/mol. The van der Waals surface area contributed by atoms with E-state index in [-0.39, 0.29) is 24.1 Å². The number of aliphatic imine (C=N–C) groups is 1. The first-order valence-corrected chi connectivity index (χ1v) is 10.6. The predicted molar refractivity (Wildman–Crippen MR) is 110 cm³/mol. The Morgan fingerprint density at radius 1 is 1.21 bits per heavy atom. The number of nitrogens with zero attached hydrogens (tertiary/aromatic N) is 3. The summed E-state index contributed by atoms with van der Waals surface area (Å²) >= 11 is 0. The molecule has 2 N–H and O–H groups in total. The molecule has 2 amide bonds. The fourth-order valence-corrected chi connectivity index (χ4v) is 3.24. The lowest BCUT2D eigenvalue weighted by atomic mass is 10.2. The van der Waals surface area contributed by atoms with Gasteiger partial charge in [0.1, 0.15) is 5.60 Å². The molecular formula is C20H37N5O3. The molecule has 0 aromatic carbocycles. The maximum atomic E-state index is 12.4. The standard InChI is InChI=1S/C20H37N5O3/c1-6-17(26)24-12-10-15(14-24)23-18(21-7-2)22-11-13-25(16-8-9-16)19(27)28-20(3,4)5/h15-16H,6-14H2,1-5H3,(H2,21,22,23). The Labute approximate surface area is 169 Å². The summed E-state index contributed by atoms with van der Waals surface area (Å²) in [4.78, 5) is 32.6. The van der Waals surface area contributed by atoms with Gasteiger partial charge in [0.2, 0.25) is 5.91 Å². The predicted octanol–water partition coefficient (Wildman–Crippen LogP) is 1.95. The first kappa shape index (κ1) is 22.3. The maximum Gasteiger partial charge on any atom is 0.410 e. The highest BCUT2D eigenvalue weighted by Gasteiger charge is 2.35. The van der Waals surface area contributed by atoms with E-state index >= 15 is 0 Å². The Balaban J connectivity index is 1.87. The van der Waals surface area contributed by atoms with Crippen LogP contribution in [0, 0.1) is 0 Å². The van der Waals surface area contributed by atoms with Crippen LogP contribution in [0.2, 0.25) is 0 Å². The van der Waals surface area contributed by atoms with Gasteiger partial charge >= 0.3 is 6.09 Å². The van der Waals surface area contributed by atoms with Crippen molar-refractivity contribution in [1.29, 1.82) is 0 Å². The highest BCUT2D eigenvalue weighted by atomic mass is 16.6. The van der Waals surface area contributed by atoms with Crippen molar-refractivity contribution in [3.63, 3.8) is 0 Å². The molecule has 2 aliphatic rings. The number of hydrogen-bond donors (Lipinski definition) is 2. The van der Waals surface area contributed by atoms with E-state index in [4.69, 9.17) is 4.74 Å². The molecule has 160 valence electrons. The van der Waals surface area contributed by atoms with Gasteiger partial charge in [-0.05, 0) is 47.0 Å². The van der Waals surface area contributed by atoms with Gasteiger partial charge in [0.15, 0.2) is 5.96 Å². The molecule has 0 aromatic rings. The minimum atomic E-state index is -0.492. The third kappa shape index (κ3) is 7.20. The van der Waals surface area contributed by atoms with Crippen LogP contribution in [0.5, 0.6) is 0 Å². The van der Waals surface area contributed by atoms with Gasteiger partial charge in [-0.1, -0.05) is 6.92 Å². The zero-order valence-corrected chi connectivity index (χ0v) is 18.1. The normalized spacial score (nSPS) is 20.1. The van der Waals surface area contributed by atoms with E-state index in [9.17, 15) is 9.59 Å². The Kier molecular flexibility index (Phi) is 7.95. The van der Waals surface area contributed by atoms with Gasteiger partial charge in [0.25, 0.3) is 0 Å². The van der Waals surface area contributed by atoms with E-state index in [1.54, 1.807) is 4.90 Å².